The van der Waals surface area contributed by atoms with Crippen molar-refractivity contribution in [3.8, 4) is 5.75 Å². The molecule has 0 atom stereocenters. The molecule has 0 radical (unpaired) electrons. The summed E-state index contributed by atoms with van der Waals surface area (Å²) in [6, 6.07) is 20.9. The fourth-order valence-electron chi connectivity index (χ4n) is 4.22. The maximum Gasteiger partial charge on any atom is 0.282 e. The molecule has 1 N–H and O–H groups in total. The Labute approximate surface area is 201 Å². The van der Waals surface area contributed by atoms with E-state index in [2.05, 4.69) is 19.2 Å². The smallest absolute Gasteiger partial charge is 0.282 e. The number of nitrogens with zero attached hydrogens (tertiary/aromatic N) is 1. The van der Waals surface area contributed by atoms with Crippen LogP contribution in [0.1, 0.15) is 48.9 Å². The summed E-state index contributed by atoms with van der Waals surface area (Å²) in [7, 11) is 0. The minimum Gasteiger partial charge on any atom is -0.492 e. The van der Waals surface area contributed by atoms with E-state index in [1.54, 1.807) is 0 Å². The van der Waals surface area contributed by atoms with E-state index in [0.717, 1.165) is 22.3 Å². The second-order valence-corrected chi connectivity index (χ2v) is 8.81. The molecule has 3 aromatic carbocycles. The second kappa shape index (κ2) is 9.56. The van der Waals surface area contributed by atoms with Crippen LogP contribution in [0.2, 0.25) is 0 Å². The molecule has 0 saturated heterocycles. The monoisotopic (exact) mass is 454 g/mol. The van der Waals surface area contributed by atoms with Crippen LogP contribution in [0, 0.1) is 13.8 Å². The van der Waals surface area contributed by atoms with Gasteiger partial charge in [0, 0.05) is 0 Å². The average Bonchev–Trinajstić information content (AvgIpc) is 3.05. The highest BCUT2D eigenvalue weighted by atomic mass is 16.5. The maximum absolute atomic E-state index is 13.8. The normalized spacial score (nSPS) is 13.8. The zero-order valence-corrected chi connectivity index (χ0v) is 20.3. The van der Waals surface area contributed by atoms with Crippen LogP contribution in [-0.4, -0.2) is 18.4 Å². The maximum atomic E-state index is 13.8. The largest absolute Gasteiger partial charge is 0.492 e. The van der Waals surface area contributed by atoms with Crippen molar-refractivity contribution in [2.75, 3.05) is 16.8 Å². The minimum atomic E-state index is -0.386. The summed E-state index contributed by atoms with van der Waals surface area (Å²) in [5, 5.41) is 3.24. The van der Waals surface area contributed by atoms with Gasteiger partial charge in [0.1, 0.15) is 11.4 Å². The Morgan fingerprint density at radius 2 is 1.62 bits per heavy atom. The summed E-state index contributed by atoms with van der Waals surface area (Å²) in [5.41, 5.74) is 5.72. The number of hydrogen-bond acceptors (Lipinski definition) is 4. The molecule has 0 spiro atoms. The van der Waals surface area contributed by atoms with Crippen molar-refractivity contribution in [1.82, 2.24) is 0 Å². The van der Waals surface area contributed by atoms with Crippen molar-refractivity contribution in [2.45, 2.75) is 40.5 Å². The number of hydrogen-bond donors (Lipinski definition) is 1. The fourth-order valence-corrected chi connectivity index (χ4v) is 4.22. The summed E-state index contributed by atoms with van der Waals surface area (Å²) < 4.78 is 5.74. The van der Waals surface area contributed by atoms with Crippen molar-refractivity contribution in [3.05, 3.63) is 94.7 Å². The Morgan fingerprint density at radius 1 is 0.912 bits per heavy atom. The van der Waals surface area contributed by atoms with Crippen LogP contribution in [0.25, 0.3) is 5.57 Å². The molecule has 0 fully saturated rings. The van der Waals surface area contributed by atoms with Gasteiger partial charge in [0.2, 0.25) is 0 Å². The lowest BCUT2D eigenvalue weighted by molar-refractivity contribution is -0.120. The number of imide groups is 1. The number of amides is 2. The van der Waals surface area contributed by atoms with Gasteiger partial charge in [0.25, 0.3) is 11.8 Å². The first-order valence-electron chi connectivity index (χ1n) is 11.6. The molecule has 34 heavy (non-hydrogen) atoms. The molecular weight excluding hydrogens is 424 g/mol. The number of carbonyl (C=O) groups excluding carboxylic acids is 2. The van der Waals surface area contributed by atoms with Crippen molar-refractivity contribution < 1.29 is 14.3 Å². The first kappa shape index (κ1) is 23.3. The summed E-state index contributed by atoms with van der Waals surface area (Å²) in [5.74, 6) is 0.252. The van der Waals surface area contributed by atoms with Crippen molar-refractivity contribution in [2.24, 2.45) is 0 Å². The van der Waals surface area contributed by atoms with Crippen LogP contribution in [0.4, 0.5) is 11.4 Å². The predicted octanol–water partition coefficient (Wildman–Crippen LogP) is 6.22. The number of anilines is 2. The SMILES string of the molecule is CCOc1ccccc1NC1=C(c2ccc(C)cc2C)C(=O)N(c2ccc(C(C)C)cc2)C1=O. The van der Waals surface area contributed by atoms with Crippen molar-refractivity contribution >= 4 is 28.8 Å². The fraction of sp³-hybridized carbons (Fsp3) is 0.241. The lowest BCUT2D eigenvalue weighted by Gasteiger charge is -2.17. The molecule has 4 rings (SSSR count). The zero-order chi connectivity index (χ0) is 24.4. The molecule has 1 aliphatic rings. The van der Waals surface area contributed by atoms with Gasteiger partial charge < -0.3 is 10.1 Å². The highest BCUT2D eigenvalue weighted by Crippen LogP contribution is 2.37. The summed E-state index contributed by atoms with van der Waals surface area (Å²) in [6.07, 6.45) is 0. The van der Waals surface area contributed by atoms with E-state index in [4.69, 9.17) is 4.74 Å². The van der Waals surface area contributed by atoms with E-state index >= 15 is 0 Å². The Kier molecular flexibility index (Phi) is 6.55. The summed E-state index contributed by atoms with van der Waals surface area (Å²) in [4.78, 5) is 28.7. The number of nitrogens with one attached hydrogen (secondary N) is 1. The highest BCUT2D eigenvalue weighted by Gasteiger charge is 2.41. The molecule has 5 heteroatoms. The lowest BCUT2D eigenvalue weighted by atomic mass is 9.97. The molecular formula is C29H30N2O3. The predicted molar refractivity (Wildman–Crippen MR) is 137 cm³/mol. The van der Waals surface area contributed by atoms with Crippen LogP contribution in [0.15, 0.2) is 72.4 Å². The van der Waals surface area contributed by atoms with E-state index in [1.807, 2.05) is 87.5 Å². The first-order chi connectivity index (χ1) is 16.3. The molecule has 1 heterocycles. The topological polar surface area (TPSA) is 58.6 Å². The van der Waals surface area contributed by atoms with Crippen LogP contribution in [-0.2, 0) is 9.59 Å². The van der Waals surface area contributed by atoms with E-state index in [9.17, 15) is 9.59 Å². The molecule has 174 valence electrons. The van der Waals surface area contributed by atoms with Gasteiger partial charge in [-0.25, -0.2) is 4.90 Å². The highest BCUT2D eigenvalue weighted by molar-refractivity contribution is 6.46. The van der Waals surface area contributed by atoms with Crippen molar-refractivity contribution in [1.29, 1.82) is 0 Å². The number of rotatable bonds is 7. The molecule has 0 aromatic heterocycles. The third-order valence-electron chi connectivity index (χ3n) is 6.00. The lowest BCUT2D eigenvalue weighted by Crippen LogP contribution is -2.32. The van der Waals surface area contributed by atoms with E-state index in [-0.39, 0.29) is 17.5 Å². The quantitative estimate of drug-likeness (QED) is 0.431. The molecule has 5 nitrogen and oxygen atoms in total. The molecule has 0 aliphatic carbocycles. The Hall–Kier alpha value is -3.86. The van der Waals surface area contributed by atoms with Gasteiger partial charge in [0.15, 0.2) is 0 Å². The number of ether oxygens (including phenoxy) is 1. The van der Waals surface area contributed by atoms with Crippen LogP contribution >= 0.6 is 0 Å². The van der Waals surface area contributed by atoms with Gasteiger partial charge in [-0.2, -0.15) is 0 Å². The van der Waals surface area contributed by atoms with Crippen LogP contribution in [0.3, 0.4) is 0 Å². The molecule has 1 aliphatic heterocycles. The average molecular weight is 455 g/mol. The van der Waals surface area contributed by atoms with Gasteiger partial charge in [-0.1, -0.05) is 61.9 Å². The van der Waals surface area contributed by atoms with E-state index < -0.39 is 0 Å². The zero-order valence-electron chi connectivity index (χ0n) is 20.3. The third-order valence-corrected chi connectivity index (χ3v) is 6.00. The number of carbonyl (C=O) groups is 2. The van der Waals surface area contributed by atoms with Gasteiger partial charge >= 0.3 is 0 Å². The molecule has 2 amide bonds. The Bertz CT molecular complexity index is 1270. The van der Waals surface area contributed by atoms with E-state index in [0.29, 0.717) is 35.2 Å². The van der Waals surface area contributed by atoms with Gasteiger partial charge in [-0.15, -0.1) is 0 Å². The standard InChI is InChI=1S/C29H30N2O3/c1-6-34-25-10-8-7-9-24(25)30-27-26(23-16-11-19(4)17-20(23)5)28(32)31(29(27)33)22-14-12-21(13-15-22)18(2)3/h7-18,30H,6H2,1-5H3. The summed E-state index contributed by atoms with van der Waals surface area (Å²) >= 11 is 0. The molecule has 0 unspecified atom stereocenters. The van der Waals surface area contributed by atoms with Crippen LogP contribution in [0.5, 0.6) is 5.75 Å². The molecule has 0 saturated carbocycles. The number of para-hydroxylation sites is 2. The van der Waals surface area contributed by atoms with Gasteiger partial charge in [-0.3, -0.25) is 9.59 Å². The molecule has 3 aromatic rings. The van der Waals surface area contributed by atoms with Gasteiger partial charge in [0.05, 0.1) is 23.6 Å². The molecule has 0 bridgehead atoms. The number of benzene rings is 3. The van der Waals surface area contributed by atoms with Crippen molar-refractivity contribution in [3.63, 3.8) is 0 Å². The summed E-state index contributed by atoms with van der Waals surface area (Å²) in [6.45, 7) is 10.6. The van der Waals surface area contributed by atoms with Gasteiger partial charge in [-0.05, 0) is 67.6 Å². The Morgan fingerprint density at radius 3 is 2.26 bits per heavy atom. The second-order valence-electron chi connectivity index (χ2n) is 8.81. The first-order valence-corrected chi connectivity index (χ1v) is 11.6. The Balaban J connectivity index is 1.83. The van der Waals surface area contributed by atoms with Crippen LogP contribution < -0.4 is 15.0 Å². The third kappa shape index (κ3) is 4.34. The minimum absolute atomic E-state index is 0.247. The van der Waals surface area contributed by atoms with E-state index in [1.165, 1.54) is 4.90 Å². The number of aryl methyl sites for hydroxylation is 2.